The second-order valence-electron chi connectivity index (χ2n) is 10.9. The Morgan fingerprint density at radius 1 is 0.684 bits per heavy atom. The molecule has 0 bridgehead atoms. The van der Waals surface area contributed by atoms with E-state index in [4.69, 9.17) is 0 Å². The molecule has 0 aromatic heterocycles. The first kappa shape index (κ1) is 35.2. The van der Waals surface area contributed by atoms with Crippen LogP contribution in [-0.2, 0) is 0 Å². The maximum Gasteiger partial charge on any atom is 0.166 e. The van der Waals surface area contributed by atoms with E-state index in [-0.39, 0.29) is 40.2 Å². The van der Waals surface area contributed by atoms with E-state index in [9.17, 15) is 13.2 Å². The standard InChI is InChI=1S/C35H49F3/c1-13-14-15-29(9)34(37)35(38)32(12)28(8)21-20-27(7)31(11)33(36)22-30(10)26(6)19-18-25(5)24(4)17-16-23(2)3/h13,20-26H,1,7-12,14-19H2,2-6H3/b21-20-,33-22+,35-34-. The highest BCUT2D eigenvalue weighted by atomic mass is 19.2. The molecule has 0 aromatic rings. The number of hydrogen-bond donors (Lipinski definition) is 0. The molecule has 0 saturated heterocycles. The summed E-state index contributed by atoms with van der Waals surface area (Å²) in [4.78, 5) is 0. The fourth-order valence-corrected chi connectivity index (χ4v) is 3.63. The van der Waals surface area contributed by atoms with E-state index in [1.165, 1.54) is 31.1 Å². The van der Waals surface area contributed by atoms with E-state index >= 15 is 0 Å². The van der Waals surface area contributed by atoms with Crippen molar-refractivity contribution in [2.24, 2.45) is 23.7 Å². The van der Waals surface area contributed by atoms with E-state index in [0.29, 0.717) is 29.7 Å². The monoisotopic (exact) mass is 526 g/mol. The normalized spacial score (nSPS) is 15.0. The average Bonchev–Trinajstić information content (AvgIpc) is 2.89. The summed E-state index contributed by atoms with van der Waals surface area (Å²) in [6.07, 6.45) is 11.0. The molecule has 0 rings (SSSR count). The van der Waals surface area contributed by atoms with Crippen molar-refractivity contribution < 1.29 is 13.2 Å². The van der Waals surface area contributed by atoms with Gasteiger partial charge in [-0.05, 0) is 77.7 Å². The first-order valence-electron chi connectivity index (χ1n) is 13.5. The number of rotatable bonds is 19. The molecule has 0 amide bonds. The van der Waals surface area contributed by atoms with Crippen LogP contribution in [0, 0.1) is 23.7 Å². The van der Waals surface area contributed by atoms with Crippen LogP contribution in [0.3, 0.4) is 0 Å². The van der Waals surface area contributed by atoms with Crippen molar-refractivity contribution in [3.63, 3.8) is 0 Å². The highest BCUT2D eigenvalue weighted by Gasteiger charge is 2.17. The Balaban J connectivity index is 5.07. The van der Waals surface area contributed by atoms with Crippen molar-refractivity contribution in [1.82, 2.24) is 0 Å². The summed E-state index contributed by atoms with van der Waals surface area (Å²) >= 11 is 0. The van der Waals surface area contributed by atoms with Gasteiger partial charge in [0.1, 0.15) is 5.83 Å². The van der Waals surface area contributed by atoms with Gasteiger partial charge < -0.3 is 0 Å². The first-order valence-corrected chi connectivity index (χ1v) is 13.5. The minimum absolute atomic E-state index is 0.0230. The molecule has 0 heterocycles. The summed E-state index contributed by atoms with van der Waals surface area (Å²) < 4.78 is 43.7. The molecule has 0 spiro atoms. The molecule has 0 saturated carbocycles. The molecule has 0 aliphatic carbocycles. The van der Waals surface area contributed by atoms with Gasteiger partial charge in [0.05, 0.1) is 0 Å². The highest BCUT2D eigenvalue weighted by Crippen LogP contribution is 2.30. The Morgan fingerprint density at radius 2 is 1.18 bits per heavy atom. The van der Waals surface area contributed by atoms with Crippen LogP contribution in [0.1, 0.15) is 73.1 Å². The van der Waals surface area contributed by atoms with Gasteiger partial charge >= 0.3 is 0 Å². The van der Waals surface area contributed by atoms with E-state index in [2.05, 4.69) is 80.7 Å². The third-order valence-corrected chi connectivity index (χ3v) is 7.14. The summed E-state index contributed by atoms with van der Waals surface area (Å²) in [5.41, 5.74) is 0.990. The molecule has 38 heavy (non-hydrogen) atoms. The summed E-state index contributed by atoms with van der Waals surface area (Å²) in [7, 11) is 0. The van der Waals surface area contributed by atoms with Gasteiger partial charge in [-0.15, -0.1) is 6.58 Å². The zero-order valence-electron chi connectivity index (χ0n) is 24.4. The lowest BCUT2D eigenvalue weighted by molar-refractivity contribution is 0.306. The molecular formula is C35H49F3. The zero-order valence-corrected chi connectivity index (χ0v) is 24.4. The lowest BCUT2D eigenvalue weighted by Gasteiger charge is -2.22. The number of allylic oxidation sites excluding steroid dienone is 13. The molecule has 0 aliphatic rings. The smallest absolute Gasteiger partial charge is 0.166 e. The van der Waals surface area contributed by atoms with Gasteiger partial charge in [-0.1, -0.05) is 105 Å². The largest absolute Gasteiger partial charge is 0.206 e. The molecule has 0 radical (unpaired) electrons. The Hall–Kier alpha value is -2.81. The summed E-state index contributed by atoms with van der Waals surface area (Å²) in [5, 5.41) is 0. The molecule has 0 nitrogen and oxygen atoms in total. The fourth-order valence-electron chi connectivity index (χ4n) is 3.63. The van der Waals surface area contributed by atoms with Crippen LogP contribution >= 0.6 is 0 Å². The molecule has 0 fully saturated rings. The van der Waals surface area contributed by atoms with Crippen LogP contribution in [0.2, 0.25) is 0 Å². The average molecular weight is 527 g/mol. The Morgan fingerprint density at radius 3 is 1.68 bits per heavy atom. The second kappa shape index (κ2) is 17.7. The topological polar surface area (TPSA) is 0 Å². The van der Waals surface area contributed by atoms with Crippen molar-refractivity contribution in [3.8, 4) is 0 Å². The maximum absolute atomic E-state index is 14.9. The SMILES string of the molecule is C=CCCC(=C)/C(F)=C(/F)C(=C)C(=C)/C=C\C(=C)C(=C)/C(F)=C\C(=C)C(C)CCC(C)C(C)CCC(C)C. The molecule has 3 heteroatoms. The van der Waals surface area contributed by atoms with Crippen molar-refractivity contribution in [2.75, 3.05) is 0 Å². The molecule has 0 N–H and O–H groups in total. The van der Waals surface area contributed by atoms with Crippen LogP contribution < -0.4 is 0 Å². The minimum Gasteiger partial charge on any atom is -0.206 e. The van der Waals surface area contributed by atoms with Crippen LogP contribution in [0.25, 0.3) is 0 Å². The van der Waals surface area contributed by atoms with Gasteiger partial charge in [-0.25, -0.2) is 13.2 Å². The molecule has 3 atom stereocenters. The summed E-state index contributed by atoms with van der Waals surface area (Å²) in [5.74, 6) is -0.624. The van der Waals surface area contributed by atoms with Crippen molar-refractivity contribution in [1.29, 1.82) is 0 Å². The molecule has 3 unspecified atom stereocenters. The third kappa shape index (κ3) is 12.6. The fraction of sp³-hybridized carbons (Fsp3) is 0.429. The van der Waals surface area contributed by atoms with Crippen LogP contribution in [0.4, 0.5) is 13.2 Å². The van der Waals surface area contributed by atoms with Crippen molar-refractivity contribution in [3.05, 3.63) is 121 Å². The third-order valence-electron chi connectivity index (χ3n) is 7.14. The van der Waals surface area contributed by atoms with Crippen LogP contribution in [-0.4, -0.2) is 0 Å². The zero-order chi connectivity index (χ0) is 29.6. The Bertz CT molecular complexity index is 996. The van der Waals surface area contributed by atoms with Crippen LogP contribution in [0.15, 0.2) is 121 Å². The number of hydrogen-bond acceptors (Lipinski definition) is 0. The highest BCUT2D eigenvalue weighted by molar-refractivity contribution is 5.53. The molecule has 210 valence electrons. The summed E-state index contributed by atoms with van der Waals surface area (Å²) in [6, 6.07) is 0. The Labute approximate surface area is 231 Å². The van der Waals surface area contributed by atoms with E-state index in [1.54, 1.807) is 6.08 Å². The van der Waals surface area contributed by atoms with Crippen LogP contribution in [0.5, 0.6) is 0 Å². The van der Waals surface area contributed by atoms with Gasteiger partial charge in [0.15, 0.2) is 11.7 Å². The molecular weight excluding hydrogens is 477 g/mol. The van der Waals surface area contributed by atoms with Crippen molar-refractivity contribution in [2.45, 2.75) is 73.1 Å². The summed E-state index contributed by atoms with van der Waals surface area (Å²) in [6.45, 7) is 37.3. The van der Waals surface area contributed by atoms with E-state index in [1.807, 2.05) is 0 Å². The molecule has 0 aromatic carbocycles. The molecule has 0 aliphatic heterocycles. The predicted molar refractivity (Wildman–Crippen MR) is 163 cm³/mol. The van der Waals surface area contributed by atoms with Gasteiger partial charge in [0.25, 0.3) is 0 Å². The van der Waals surface area contributed by atoms with E-state index in [0.717, 1.165) is 12.8 Å². The maximum atomic E-state index is 14.9. The first-order chi connectivity index (χ1) is 17.6. The van der Waals surface area contributed by atoms with E-state index < -0.39 is 17.5 Å². The van der Waals surface area contributed by atoms with Gasteiger partial charge in [0, 0.05) is 11.1 Å². The second-order valence-corrected chi connectivity index (χ2v) is 10.9. The number of halogens is 3. The van der Waals surface area contributed by atoms with Crippen molar-refractivity contribution >= 4 is 0 Å². The minimum atomic E-state index is -1.13. The lowest BCUT2D eigenvalue weighted by atomic mass is 9.83. The Kier molecular flexibility index (Phi) is 16.3. The predicted octanol–water partition coefficient (Wildman–Crippen LogP) is 12.0. The quantitative estimate of drug-likeness (QED) is 0.116. The lowest BCUT2D eigenvalue weighted by Crippen LogP contribution is -2.11. The van der Waals surface area contributed by atoms with Gasteiger partial charge in [-0.3, -0.25) is 0 Å². The van der Waals surface area contributed by atoms with Gasteiger partial charge in [0.2, 0.25) is 0 Å². The van der Waals surface area contributed by atoms with Gasteiger partial charge in [-0.2, -0.15) is 0 Å².